The second-order valence-corrected chi connectivity index (χ2v) is 8.97. The molecule has 6 heteroatoms. The molecule has 168 valence electrons. The van der Waals surface area contributed by atoms with Gasteiger partial charge in [0.1, 0.15) is 11.6 Å². The number of fused-ring (bicyclic) bond motifs is 1. The Kier molecular flexibility index (Phi) is 6.01. The van der Waals surface area contributed by atoms with E-state index >= 15 is 0 Å². The molecule has 4 aromatic rings. The molecule has 1 amide bonds. The Labute approximate surface area is 192 Å². The number of aryl methyl sites for hydroxylation is 1. The van der Waals surface area contributed by atoms with Crippen molar-refractivity contribution < 1.29 is 9.53 Å². The number of aromatic nitrogens is 2. The van der Waals surface area contributed by atoms with Gasteiger partial charge in [0, 0.05) is 5.69 Å². The zero-order valence-electron chi connectivity index (χ0n) is 19.3. The van der Waals surface area contributed by atoms with E-state index < -0.39 is 0 Å². The van der Waals surface area contributed by atoms with E-state index in [0.29, 0.717) is 33.9 Å². The second kappa shape index (κ2) is 8.90. The first-order valence-electron chi connectivity index (χ1n) is 10.8. The Morgan fingerprint density at radius 2 is 1.64 bits per heavy atom. The van der Waals surface area contributed by atoms with Gasteiger partial charge in [0.2, 0.25) is 0 Å². The Bertz CT molecular complexity index is 1350. The van der Waals surface area contributed by atoms with Gasteiger partial charge < -0.3 is 10.1 Å². The number of hydrogen-bond acceptors (Lipinski definition) is 4. The predicted molar refractivity (Wildman–Crippen MR) is 131 cm³/mol. The van der Waals surface area contributed by atoms with Crippen molar-refractivity contribution in [3.63, 3.8) is 0 Å². The highest BCUT2D eigenvalue weighted by Crippen LogP contribution is 2.24. The second-order valence-electron chi connectivity index (χ2n) is 8.97. The van der Waals surface area contributed by atoms with Gasteiger partial charge in [-0.3, -0.25) is 14.2 Å². The fourth-order valence-corrected chi connectivity index (χ4v) is 3.64. The van der Waals surface area contributed by atoms with Crippen molar-refractivity contribution >= 4 is 22.5 Å². The van der Waals surface area contributed by atoms with Crippen molar-refractivity contribution in [2.24, 2.45) is 0 Å². The Balaban J connectivity index is 1.42. The van der Waals surface area contributed by atoms with E-state index in [4.69, 9.17) is 4.74 Å². The smallest absolute Gasteiger partial charge is 0.265 e. The number of carbonyl (C=O) groups is 1. The van der Waals surface area contributed by atoms with Gasteiger partial charge in [-0.2, -0.15) is 0 Å². The number of benzene rings is 3. The summed E-state index contributed by atoms with van der Waals surface area (Å²) in [6, 6.07) is 22.1. The topological polar surface area (TPSA) is 73.2 Å². The quantitative estimate of drug-likeness (QED) is 0.473. The molecule has 0 atom stereocenters. The highest BCUT2D eigenvalue weighted by molar-refractivity contribution is 5.92. The maximum Gasteiger partial charge on any atom is 0.265 e. The van der Waals surface area contributed by atoms with Crippen LogP contribution in [0.25, 0.3) is 16.6 Å². The van der Waals surface area contributed by atoms with Gasteiger partial charge in [-0.25, -0.2) is 4.98 Å². The summed E-state index contributed by atoms with van der Waals surface area (Å²) in [5.74, 6) is 0.983. The number of anilines is 1. The first kappa shape index (κ1) is 22.3. The van der Waals surface area contributed by atoms with E-state index in [1.54, 1.807) is 41.8 Å². The van der Waals surface area contributed by atoms with Crippen LogP contribution in [0.15, 0.2) is 77.6 Å². The van der Waals surface area contributed by atoms with Crippen molar-refractivity contribution in [1.82, 2.24) is 9.55 Å². The molecular weight excluding hydrogens is 414 g/mol. The maximum atomic E-state index is 12.9. The number of amides is 1. The molecule has 0 bridgehead atoms. The van der Waals surface area contributed by atoms with Crippen molar-refractivity contribution in [1.29, 1.82) is 0 Å². The molecule has 0 saturated heterocycles. The molecule has 0 aliphatic rings. The number of nitrogens with zero attached hydrogens (tertiary/aromatic N) is 2. The number of ether oxygens (including phenoxy) is 1. The zero-order valence-corrected chi connectivity index (χ0v) is 19.3. The number of nitrogens with one attached hydrogen (secondary N) is 1. The van der Waals surface area contributed by atoms with Crippen molar-refractivity contribution in [2.75, 3.05) is 11.9 Å². The molecule has 6 nitrogen and oxygen atoms in total. The molecule has 0 spiro atoms. The molecule has 1 N–H and O–H groups in total. The summed E-state index contributed by atoms with van der Waals surface area (Å²) >= 11 is 0. The van der Waals surface area contributed by atoms with Crippen LogP contribution in [0, 0.1) is 6.92 Å². The van der Waals surface area contributed by atoms with E-state index in [1.165, 1.54) is 5.56 Å². The predicted octanol–water partition coefficient (Wildman–Crippen LogP) is 5.01. The number of carbonyl (C=O) groups excluding carboxylic acids is 1. The molecule has 3 aromatic carbocycles. The monoisotopic (exact) mass is 441 g/mol. The minimum atomic E-state index is -0.261. The van der Waals surface area contributed by atoms with E-state index in [9.17, 15) is 9.59 Å². The fourth-order valence-electron chi connectivity index (χ4n) is 3.64. The summed E-state index contributed by atoms with van der Waals surface area (Å²) in [7, 11) is 0. The summed E-state index contributed by atoms with van der Waals surface area (Å²) in [4.78, 5) is 29.8. The lowest BCUT2D eigenvalue weighted by molar-refractivity contribution is -0.118. The highest BCUT2D eigenvalue weighted by Gasteiger charge is 2.13. The van der Waals surface area contributed by atoms with E-state index in [0.717, 1.165) is 0 Å². The molecule has 33 heavy (non-hydrogen) atoms. The minimum absolute atomic E-state index is 0.0641. The van der Waals surface area contributed by atoms with Crippen LogP contribution in [0.1, 0.15) is 32.2 Å². The van der Waals surface area contributed by atoms with Crippen molar-refractivity contribution in [2.45, 2.75) is 33.1 Å². The number of para-hydroxylation sites is 1. The van der Waals surface area contributed by atoms with Crippen LogP contribution in [0.2, 0.25) is 0 Å². The molecule has 0 saturated carbocycles. The van der Waals surface area contributed by atoms with Gasteiger partial charge in [0.15, 0.2) is 6.61 Å². The molecule has 4 rings (SSSR count). The third-order valence-corrected chi connectivity index (χ3v) is 5.44. The minimum Gasteiger partial charge on any atom is -0.484 e. The third-order valence-electron chi connectivity index (χ3n) is 5.44. The van der Waals surface area contributed by atoms with Gasteiger partial charge in [0.25, 0.3) is 11.5 Å². The zero-order chi connectivity index (χ0) is 23.6. The van der Waals surface area contributed by atoms with Crippen LogP contribution in [-0.2, 0) is 10.2 Å². The van der Waals surface area contributed by atoms with E-state index in [1.807, 2.05) is 42.5 Å². The lowest BCUT2D eigenvalue weighted by atomic mass is 9.87. The Morgan fingerprint density at radius 1 is 0.970 bits per heavy atom. The summed E-state index contributed by atoms with van der Waals surface area (Å²) in [5.41, 5.74) is 3.12. The van der Waals surface area contributed by atoms with Crippen LogP contribution in [-0.4, -0.2) is 22.1 Å². The average molecular weight is 442 g/mol. The SMILES string of the molecule is Cc1nc2ccccc2c(=O)n1-c1ccc(NC(=O)COc2ccc(C(C)(C)C)cc2)cc1. The largest absolute Gasteiger partial charge is 0.484 e. The summed E-state index contributed by atoms with van der Waals surface area (Å²) in [6.45, 7) is 8.15. The molecule has 0 radical (unpaired) electrons. The van der Waals surface area contributed by atoms with Gasteiger partial charge in [-0.1, -0.05) is 45.0 Å². The van der Waals surface area contributed by atoms with Gasteiger partial charge >= 0.3 is 0 Å². The maximum absolute atomic E-state index is 12.9. The molecule has 1 aromatic heterocycles. The van der Waals surface area contributed by atoms with Crippen LogP contribution in [0.3, 0.4) is 0 Å². The first-order valence-corrected chi connectivity index (χ1v) is 10.8. The normalized spacial score (nSPS) is 11.4. The lowest BCUT2D eigenvalue weighted by Crippen LogP contribution is -2.22. The molecule has 1 heterocycles. The van der Waals surface area contributed by atoms with Crippen LogP contribution >= 0.6 is 0 Å². The molecular formula is C27H27N3O3. The third kappa shape index (κ3) is 4.95. The van der Waals surface area contributed by atoms with Crippen molar-refractivity contribution in [3.8, 4) is 11.4 Å². The molecule has 0 aliphatic carbocycles. The number of rotatable bonds is 5. The Hall–Kier alpha value is -3.93. The van der Waals surface area contributed by atoms with E-state index in [-0.39, 0.29) is 23.5 Å². The molecule has 0 fully saturated rings. The first-order chi connectivity index (χ1) is 15.7. The summed E-state index contributed by atoms with van der Waals surface area (Å²) in [6.07, 6.45) is 0. The molecule has 0 unspecified atom stereocenters. The van der Waals surface area contributed by atoms with Crippen molar-refractivity contribution in [3.05, 3.63) is 94.5 Å². The lowest BCUT2D eigenvalue weighted by Gasteiger charge is -2.19. The van der Waals surface area contributed by atoms with E-state index in [2.05, 4.69) is 31.1 Å². The summed E-state index contributed by atoms with van der Waals surface area (Å²) in [5, 5.41) is 3.38. The summed E-state index contributed by atoms with van der Waals surface area (Å²) < 4.78 is 7.18. The number of hydrogen-bond donors (Lipinski definition) is 1. The van der Waals surface area contributed by atoms with Gasteiger partial charge in [-0.05, 0) is 66.4 Å². The fraction of sp³-hybridized carbons (Fsp3) is 0.222. The van der Waals surface area contributed by atoms with Crippen LogP contribution in [0.4, 0.5) is 5.69 Å². The van der Waals surface area contributed by atoms with Crippen LogP contribution < -0.4 is 15.6 Å². The Morgan fingerprint density at radius 3 is 2.30 bits per heavy atom. The average Bonchev–Trinajstić information content (AvgIpc) is 2.78. The van der Waals surface area contributed by atoms with Gasteiger partial charge in [0.05, 0.1) is 16.6 Å². The van der Waals surface area contributed by atoms with Crippen LogP contribution in [0.5, 0.6) is 5.75 Å². The molecule has 0 aliphatic heterocycles. The highest BCUT2D eigenvalue weighted by atomic mass is 16.5. The standard InChI is InChI=1S/C27H27N3O3/c1-18-28-24-8-6-5-7-23(24)26(32)30(18)21-13-11-20(12-14-21)29-25(31)17-33-22-15-9-19(10-16-22)27(2,3)4/h5-16H,17H2,1-4H3,(H,29,31). The van der Waals surface area contributed by atoms with Gasteiger partial charge in [-0.15, -0.1) is 0 Å².